The van der Waals surface area contributed by atoms with Gasteiger partial charge >= 0.3 is 23.4 Å². The molecule has 1 aromatic heterocycles. The highest BCUT2D eigenvalue weighted by Crippen LogP contribution is 2.30. The van der Waals surface area contributed by atoms with Gasteiger partial charge in [0.05, 0.1) is 19.0 Å². The molecule has 1 amide bonds. The van der Waals surface area contributed by atoms with E-state index in [1.807, 2.05) is 0 Å². The minimum atomic E-state index is -3.34. The van der Waals surface area contributed by atoms with Crippen molar-refractivity contribution in [1.29, 1.82) is 5.41 Å². The number of rotatable bonds is 11. The predicted octanol–water partition coefficient (Wildman–Crippen LogP) is -0.903. The maximum atomic E-state index is 13.5. The molecule has 15 nitrogen and oxygen atoms in total. The molecule has 0 saturated carbocycles. The van der Waals surface area contributed by atoms with Crippen LogP contribution >= 0.6 is 0 Å². The molecule has 3 rings (SSSR count). The summed E-state index contributed by atoms with van der Waals surface area (Å²) in [6.07, 6.45) is -0.948. The molecule has 7 N–H and O–H groups in total. The zero-order valence-electron chi connectivity index (χ0n) is 20.4. The van der Waals surface area contributed by atoms with Crippen molar-refractivity contribution in [3.8, 4) is 0 Å². The molecule has 0 spiro atoms. The molecular weight excluding hydrogens is 516 g/mol. The molecule has 0 bridgehead atoms. The Bertz CT molecular complexity index is 1540. The van der Waals surface area contributed by atoms with Crippen LogP contribution in [0.15, 0.2) is 68.7 Å². The Morgan fingerprint density at radius 3 is 2.13 bits per heavy atom. The third-order valence-corrected chi connectivity index (χ3v) is 5.75. The van der Waals surface area contributed by atoms with Gasteiger partial charge in [0.2, 0.25) is 5.91 Å². The number of nitrogen functional groups attached to an aromatic ring is 1. The van der Waals surface area contributed by atoms with Gasteiger partial charge in [-0.1, -0.05) is 42.5 Å². The molecular formula is C24H24N6O9. The molecule has 15 heteroatoms. The minimum absolute atomic E-state index is 0.0278. The van der Waals surface area contributed by atoms with Crippen LogP contribution in [0.5, 0.6) is 0 Å². The first-order valence-electron chi connectivity index (χ1n) is 11.2. The van der Waals surface area contributed by atoms with Crippen molar-refractivity contribution in [2.45, 2.75) is 31.6 Å². The van der Waals surface area contributed by atoms with E-state index in [9.17, 15) is 33.9 Å². The summed E-state index contributed by atoms with van der Waals surface area (Å²) in [5.74, 6) is -8.11. The van der Waals surface area contributed by atoms with E-state index < -0.39 is 59.7 Å². The normalized spacial score (nSPS) is 13.2. The highest BCUT2D eigenvalue weighted by Gasteiger charge is 2.58. The number of nitrogens with zero attached hydrogens (tertiary/aromatic N) is 3. The average Bonchev–Trinajstić information content (AvgIpc) is 3.14. The summed E-state index contributed by atoms with van der Waals surface area (Å²) in [5, 5.41) is 26.9. The van der Waals surface area contributed by atoms with Crippen molar-refractivity contribution in [1.82, 2.24) is 9.31 Å². The summed E-state index contributed by atoms with van der Waals surface area (Å²) >= 11 is 0. The van der Waals surface area contributed by atoms with E-state index in [1.165, 1.54) is 54.6 Å². The van der Waals surface area contributed by atoms with E-state index in [-0.39, 0.29) is 16.1 Å². The minimum Gasteiger partial charge on any atom is -0.481 e. The van der Waals surface area contributed by atoms with Gasteiger partial charge in [0, 0.05) is 11.3 Å². The Hall–Kier alpha value is -5.31. The summed E-state index contributed by atoms with van der Waals surface area (Å²) in [4.78, 5) is 77.4. The third kappa shape index (κ3) is 5.24. The van der Waals surface area contributed by atoms with Crippen molar-refractivity contribution in [2.24, 2.45) is 11.5 Å². The van der Waals surface area contributed by atoms with Gasteiger partial charge in [-0.3, -0.25) is 24.7 Å². The maximum absolute atomic E-state index is 13.5. The summed E-state index contributed by atoms with van der Waals surface area (Å²) in [5.41, 5.74) is 6.94. The lowest BCUT2D eigenvalue weighted by Gasteiger charge is -2.38. The largest absolute Gasteiger partial charge is 0.481 e. The van der Waals surface area contributed by atoms with Crippen molar-refractivity contribution < 1.29 is 33.9 Å². The first kappa shape index (κ1) is 28.3. The van der Waals surface area contributed by atoms with Crippen LogP contribution < -0.4 is 27.8 Å². The van der Waals surface area contributed by atoms with E-state index in [1.54, 1.807) is 0 Å². The molecule has 39 heavy (non-hydrogen) atoms. The van der Waals surface area contributed by atoms with Crippen LogP contribution in [0, 0.1) is 5.41 Å². The Balaban J connectivity index is 2.28. The fourth-order valence-corrected chi connectivity index (χ4v) is 3.94. The maximum Gasteiger partial charge on any atom is 0.445 e. The highest BCUT2D eigenvalue weighted by atomic mass is 16.5. The molecule has 0 radical (unpaired) electrons. The van der Waals surface area contributed by atoms with Gasteiger partial charge in [0.1, 0.15) is 5.84 Å². The number of aliphatic carboxylic acids is 2. The molecule has 0 aliphatic carbocycles. The topological polar surface area (TPSA) is 245 Å². The molecule has 0 saturated heterocycles. The molecule has 0 aliphatic rings. The average molecular weight is 540 g/mol. The number of benzene rings is 2. The number of amidine groups is 1. The molecule has 2 aromatic carbocycles. The van der Waals surface area contributed by atoms with Crippen molar-refractivity contribution >= 4 is 35.2 Å². The number of amides is 1. The quantitative estimate of drug-likeness (QED) is 0.113. The summed E-state index contributed by atoms with van der Waals surface area (Å²) in [6.45, 7) is 0.342. The van der Waals surface area contributed by atoms with E-state index in [4.69, 9.17) is 26.5 Å². The Kier molecular flexibility index (Phi) is 7.95. The van der Waals surface area contributed by atoms with Crippen molar-refractivity contribution in [3.05, 3.63) is 86.8 Å². The number of para-hydroxylation sites is 1. The number of nitrogens with two attached hydrogens (primary N) is 2. The number of hydrogen-bond acceptors (Lipinski definition) is 9. The first-order valence-corrected chi connectivity index (χ1v) is 11.2. The fourth-order valence-electron chi connectivity index (χ4n) is 3.94. The van der Waals surface area contributed by atoms with Crippen molar-refractivity contribution in [2.75, 3.05) is 4.90 Å². The third-order valence-electron chi connectivity index (χ3n) is 5.75. The number of aromatic nitrogens is 2. The zero-order chi connectivity index (χ0) is 29.1. The Morgan fingerprint density at radius 1 is 1.05 bits per heavy atom. The summed E-state index contributed by atoms with van der Waals surface area (Å²) < 4.78 is 5.44. The van der Waals surface area contributed by atoms with Gasteiger partial charge in [-0.25, -0.2) is 14.4 Å². The second-order valence-corrected chi connectivity index (χ2v) is 8.37. The molecule has 0 unspecified atom stereocenters. The zero-order valence-corrected chi connectivity index (χ0v) is 20.4. The van der Waals surface area contributed by atoms with Crippen LogP contribution in [-0.2, 0) is 31.4 Å². The lowest BCUT2D eigenvalue weighted by molar-refractivity contribution is -0.155. The van der Waals surface area contributed by atoms with Crippen molar-refractivity contribution in [3.63, 3.8) is 0 Å². The van der Waals surface area contributed by atoms with Crippen LogP contribution in [0.1, 0.15) is 24.5 Å². The fraction of sp³-hybridized carbons (Fsp3) is 0.208. The number of carbonyl (C=O) groups is 4. The molecule has 204 valence electrons. The lowest BCUT2D eigenvalue weighted by atomic mass is 9.99. The van der Waals surface area contributed by atoms with Crippen LogP contribution in [0.4, 0.5) is 5.69 Å². The number of carbonyl (C=O) groups excluding carboxylic acids is 2. The molecule has 1 heterocycles. The summed E-state index contributed by atoms with van der Waals surface area (Å²) in [7, 11) is 0. The van der Waals surface area contributed by atoms with Crippen LogP contribution in [0.25, 0.3) is 0 Å². The number of carboxylic acids is 2. The molecule has 2 atom stereocenters. The SMILES string of the molecule is CC(=O)[C@@](C(=O)O)(N(C(=O)[C@@H](N)CC(=O)O)c1ccccc1)n1c(=O)on(Cc2ccc(C(=N)N)cc2)c1=O. The molecule has 0 fully saturated rings. The second kappa shape index (κ2) is 11.0. The number of carboxylic acid groups (broad SMARTS) is 2. The van der Waals surface area contributed by atoms with Gasteiger partial charge in [-0.2, -0.15) is 4.57 Å². The smallest absolute Gasteiger partial charge is 0.445 e. The van der Waals surface area contributed by atoms with Gasteiger partial charge in [0.25, 0.3) is 5.66 Å². The van der Waals surface area contributed by atoms with Gasteiger partial charge < -0.3 is 26.2 Å². The Morgan fingerprint density at radius 2 is 1.64 bits per heavy atom. The van der Waals surface area contributed by atoms with Crippen LogP contribution in [0.3, 0.4) is 0 Å². The number of nitrogens with one attached hydrogen (secondary N) is 1. The number of ketones is 1. The first-order chi connectivity index (χ1) is 18.3. The van der Waals surface area contributed by atoms with Gasteiger partial charge in [0.15, 0.2) is 5.78 Å². The number of Topliss-reactive ketones (excluding diaryl/α,β-unsaturated/α-hetero) is 1. The number of hydrogen-bond donors (Lipinski definition) is 5. The van der Waals surface area contributed by atoms with E-state index in [2.05, 4.69) is 0 Å². The van der Waals surface area contributed by atoms with Crippen LogP contribution in [0.2, 0.25) is 0 Å². The highest BCUT2D eigenvalue weighted by molar-refractivity contribution is 6.15. The molecule has 0 aliphatic heterocycles. The second-order valence-electron chi connectivity index (χ2n) is 8.37. The van der Waals surface area contributed by atoms with Crippen LogP contribution in [-0.4, -0.2) is 55.0 Å². The number of anilines is 1. The predicted molar refractivity (Wildman–Crippen MR) is 134 cm³/mol. The van der Waals surface area contributed by atoms with E-state index in [0.29, 0.717) is 20.8 Å². The standard InChI is InChI=1S/C24H24N6O9/c1-13(31)24(21(35)36,29(16-5-3-2-4-6-16)20(34)17(25)11-18(32)33)30-22(37)28(39-23(30)38)12-14-7-9-15(10-8-14)19(26)27/h2-10,17H,11-12,25H2,1H3,(H3,26,27)(H,32,33)(H,35,36)/t17-,24+/m0/s1. The monoisotopic (exact) mass is 540 g/mol. The lowest BCUT2D eigenvalue weighted by Crippen LogP contribution is -2.69. The van der Waals surface area contributed by atoms with Gasteiger partial charge in [-0.05, 0) is 24.6 Å². The Labute approximate surface area is 218 Å². The van der Waals surface area contributed by atoms with E-state index >= 15 is 0 Å². The van der Waals surface area contributed by atoms with E-state index in [0.717, 1.165) is 6.92 Å². The van der Waals surface area contributed by atoms with Gasteiger partial charge in [-0.15, -0.1) is 4.74 Å². The summed E-state index contributed by atoms with van der Waals surface area (Å²) in [6, 6.07) is 10.7. The molecule has 3 aromatic rings.